The van der Waals surface area contributed by atoms with Gasteiger partial charge in [-0.15, -0.1) is 0 Å². The molecule has 1 aromatic heterocycles. The summed E-state index contributed by atoms with van der Waals surface area (Å²) in [5.74, 6) is -0.139. The quantitative estimate of drug-likeness (QED) is 0.695. The first kappa shape index (κ1) is 8.13. The number of carboxylic acids is 1. The minimum atomic E-state index is -0.851. The summed E-state index contributed by atoms with van der Waals surface area (Å²) in [5.41, 5.74) is 0. The maximum absolute atomic E-state index is 10.1. The van der Waals surface area contributed by atoms with E-state index in [0.717, 1.165) is 11.8 Å². The first-order valence-electron chi connectivity index (χ1n) is 2.96. The molecule has 0 aliphatic heterocycles. The van der Waals surface area contributed by atoms with Crippen LogP contribution in [0.2, 0.25) is 0 Å². The number of aromatic nitrogens is 1. The SMILES string of the molecule is Cc1cc(SCC(=O)O)no1. The van der Waals surface area contributed by atoms with Gasteiger partial charge in [0.2, 0.25) is 0 Å². The topological polar surface area (TPSA) is 63.3 Å². The Balaban J connectivity index is 2.45. The van der Waals surface area contributed by atoms with Crippen LogP contribution in [0.3, 0.4) is 0 Å². The second-order valence-corrected chi connectivity index (χ2v) is 2.95. The normalized spacial score (nSPS) is 9.91. The molecule has 0 atom stereocenters. The van der Waals surface area contributed by atoms with Crippen LogP contribution in [0.4, 0.5) is 0 Å². The monoisotopic (exact) mass is 173 g/mol. The third-order valence-corrected chi connectivity index (χ3v) is 1.83. The minimum Gasteiger partial charge on any atom is -0.481 e. The molecule has 0 aromatic carbocycles. The fourth-order valence-corrected chi connectivity index (χ4v) is 1.16. The Morgan fingerprint density at radius 2 is 2.64 bits per heavy atom. The molecule has 11 heavy (non-hydrogen) atoms. The molecule has 1 aromatic rings. The number of hydrogen-bond donors (Lipinski definition) is 1. The summed E-state index contributed by atoms with van der Waals surface area (Å²) in [4.78, 5) is 10.1. The molecular formula is C6H7NO3S. The van der Waals surface area contributed by atoms with Gasteiger partial charge in [-0.2, -0.15) is 0 Å². The van der Waals surface area contributed by atoms with Crippen LogP contribution < -0.4 is 0 Å². The van der Waals surface area contributed by atoms with Crippen molar-refractivity contribution in [2.45, 2.75) is 11.9 Å². The first-order chi connectivity index (χ1) is 5.18. The number of hydrogen-bond acceptors (Lipinski definition) is 4. The highest BCUT2D eigenvalue weighted by molar-refractivity contribution is 7.99. The molecule has 0 radical (unpaired) electrons. The zero-order valence-electron chi connectivity index (χ0n) is 5.90. The smallest absolute Gasteiger partial charge is 0.313 e. The van der Waals surface area contributed by atoms with Gasteiger partial charge in [-0.1, -0.05) is 16.9 Å². The van der Waals surface area contributed by atoms with Crippen LogP contribution in [-0.2, 0) is 4.79 Å². The highest BCUT2D eigenvalue weighted by Gasteiger charge is 2.03. The molecule has 0 saturated heterocycles. The van der Waals surface area contributed by atoms with Crippen molar-refractivity contribution in [3.8, 4) is 0 Å². The van der Waals surface area contributed by atoms with Crippen LogP contribution in [0.15, 0.2) is 15.6 Å². The molecule has 1 rings (SSSR count). The lowest BCUT2D eigenvalue weighted by molar-refractivity contribution is -0.133. The van der Waals surface area contributed by atoms with Crippen molar-refractivity contribution in [1.82, 2.24) is 5.16 Å². The van der Waals surface area contributed by atoms with Gasteiger partial charge in [-0.3, -0.25) is 4.79 Å². The van der Waals surface area contributed by atoms with Gasteiger partial charge in [0.25, 0.3) is 0 Å². The van der Waals surface area contributed by atoms with E-state index in [-0.39, 0.29) is 5.75 Å². The lowest BCUT2D eigenvalue weighted by Crippen LogP contribution is -1.97. The molecule has 0 spiro atoms. The van der Waals surface area contributed by atoms with Gasteiger partial charge < -0.3 is 9.63 Å². The zero-order valence-corrected chi connectivity index (χ0v) is 6.72. The molecule has 0 aliphatic carbocycles. The molecule has 5 heteroatoms. The molecule has 1 heterocycles. The largest absolute Gasteiger partial charge is 0.481 e. The van der Waals surface area contributed by atoms with Gasteiger partial charge in [0.1, 0.15) is 10.8 Å². The van der Waals surface area contributed by atoms with E-state index in [9.17, 15) is 4.79 Å². The number of aryl methyl sites for hydroxylation is 1. The highest BCUT2D eigenvalue weighted by atomic mass is 32.2. The maximum atomic E-state index is 10.1. The number of carbonyl (C=O) groups is 1. The number of thioether (sulfide) groups is 1. The van der Waals surface area contributed by atoms with Crippen LogP contribution in [0.5, 0.6) is 0 Å². The summed E-state index contributed by atoms with van der Waals surface area (Å²) in [5, 5.41) is 12.5. The Hall–Kier alpha value is -0.970. The summed E-state index contributed by atoms with van der Waals surface area (Å²) >= 11 is 1.14. The van der Waals surface area contributed by atoms with E-state index >= 15 is 0 Å². The molecule has 0 aliphatic rings. The van der Waals surface area contributed by atoms with E-state index in [2.05, 4.69) is 5.16 Å². The Labute approximate surface area is 67.6 Å². The van der Waals surface area contributed by atoms with E-state index in [1.165, 1.54) is 0 Å². The second-order valence-electron chi connectivity index (χ2n) is 1.96. The van der Waals surface area contributed by atoms with Crippen LogP contribution in [0.1, 0.15) is 5.76 Å². The fourth-order valence-electron chi connectivity index (χ4n) is 0.547. The van der Waals surface area contributed by atoms with Gasteiger partial charge in [0, 0.05) is 6.07 Å². The summed E-state index contributed by atoms with van der Waals surface area (Å²) in [6.45, 7) is 1.76. The third-order valence-electron chi connectivity index (χ3n) is 0.950. The Bertz CT molecular complexity index is 258. The lowest BCUT2D eigenvalue weighted by atomic mass is 10.5. The molecule has 0 saturated carbocycles. The van der Waals surface area contributed by atoms with Crippen molar-refractivity contribution in [2.75, 3.05) is 5.75 Å². The van der Waals surface area contributed by atoms with Gasteiger partial charge >= 0.3 is 5.97 Å². The van der Waals surface area contributed by atoms with Crippen LogP contribution in [0, 0.1) is 6.92 Å². The van der Waals surface area contributed by atoms with Crippen molar-refractivity contribution in [3.63, 3.8) is 0 Å². The average Bonchev–Trinajstić information content (AvgIpc) is 2.31. The maximum Gasteiger partial charge on any atom is 0.313 e. The number of aliphatic carboxylic acids is 1. The lowest BCUT2D eigenvalue weighted by Gasteiger charge is -1.87. The summed E-state index contributed by atoms with van der Waals surface area (Å²) in [6, 6.07) is 1.70. The average molecular weight is 173 g/mol. The van der Waals surface area contributed by atoms with Crippen LogP contribution in [-0.4, -0.2) is 22.0 Å². The molecule has 0 amide bonds. The summed E-state index contributed by atoms with van der Waals surface area (Å²) in [7, 11) is 0. The Morgan fingerprint density at radius 1 is 1.91 bits per heavy atom. The molecule has 60 valence electrons. The molecule has 1 N–H and O–H groups in total. The standard InChI is InChI=1S/C6H7NO3S/c1-4-2-5(7-10-4)11-3-6(8)9/h2H,3H2,1H3,(H,8,9). The Morgan fingerprint density at radius 3 is 3.09 bits per heavy atom. The molecule has 4 nitrogen and oxygen atoms in total. The summed E-state index contributed by atoms with van der Waals surface area (Å²) < 4.78 is 4.73. The summed E-state index contributed by atoms with van der Waals surface area (Å²) in [6.07, 6.45) is 0. The van der Waals surface area contributed by atoms with Crippen LogP contribution in [0.25, 0.3) is 0 Å². The van der Waals surface area contributed by atoms with Crippen molar-refractivity contribution in [1.29, 1.82) is 0 Å². The van der Waals surface area contributed by atoms with E-state index in [4.69, 9.17) is 9.63 Å². The van der Waals surface area contributed by atoms with Crippen LogP contribution >= 0.6 is 11.8 Å². The van der Waals surface area contributed by atoms with E-state index in [0.29, 0.717) is 10.8 Å². The molecule has 0 bridgehead atoms. The van der Waals surface area contributed by atoms with E-state index in [1.54, 1.807) is 13.0 Å². The van der Waals surface area contributed by atoms with Gasteiger partial charge in [0.05, 0.1) is 5.75 Å². The number of rotatable bonds is 3. The number of carboxylic acid groups (broad SMARTS) is 1. The predicted octanol–water partition coefficient (Wildman–Crippen LogP) is 1.16. The fraction of sp³-hybridized carbons (Fsp3) is 0.333. The van der Waals surface area contributed by atoms with E-state index < -0.39 is 5.97 Å². The highest BCUT2D eigenvalue weighted by Crippen LogP contribution is 2.16. The molecule has 0 fully saturated rings. The minimum absolute atomic E-state index is 0.0198. The van der Waals surface area contributed by atoms with Crippen molar-refractivity contribution in [2.24, 2.45) is 0 Å². The number of nitrogens with zero attached hydrogens (tertiary/aromatic N) is 1. The first-order valence-corrected chi connectivity index (χ1v) is 3.95. The van der Waals surface area contributed by atoms with Crippen molar-refractivity contribution < 1.29 is 14.4 Å². The molecule has 0 unspecified atom stereocenters. The zero-order chi connectivity index (χ0) is 8.27. The van der Waals surface area contributed by atoms with Crippen molar-refractivity contribution in [3.05, 3.63) is 11.8 Å². The van der Waals surface area contributed by atoms with Gasteiger partial charge in [-0.25, -0.2) is 0 Å². The predicted molar refractivity (Wildman–Crippen MR) is 39.6 cm³/mol. The third kappa shape index (κ3) is 2.63. The van der Waals surface area contributed by atoms with Gasteiger partial charge in [-0.05, 0) is 6.92 Å². The van der Waals surface area contributed by atoms with E-state index in [1.807, 2.05) is 0 Å². The molecular weight excluding hydrogens is 166 g/mol. The second kappa shape index (κ2) is 3.43. The Kier molecular flexibility index (Phi) is 2.53. The van der Waals surface area contributed by atoms with Crippen molar-refractivity contribution >= 4 is 17.7 Å². The van der Waals surface area contributed by atoms with Gasteiger partial charge in [0.15, 0.2) is 0 Å².